The molecule has 1 fully saturated rings. The molecule has 0 atom stereocenters. The van der Waals surface area contributed by atoms with Crippen molar-refractivity contribution in [3.8, 4) is 11.8 Å². The molecule has 0 spiro atoms. The van der Waals surface area contributed by atoms with E-state index in [1.165, 1.54) is 0 Å². The normalized spacial score (nSPS) is 16.3. The molecule has 1 aliphatic carbocycles. The molecule has 0 aromatic heterocycles. The lowest BCUT2D eigenvalue weighted by Crippen LogP contribution is -2.34. The molecule has 0 amide bonds. The van der Waals surface area contributed by atoms with Gasteiger partial charge in [-0.05, 0) is 32.5 Å². The van der Waals surface area contributed by atoms with Gasteiger partial charge in [-0.1, -0.05) is 55.0 Å². The van der Waals surface area contributed by atoms with Gasteiger partial charge < -0.3 is 4.74 Å². The first-order valence-electron chi connectivity index (χ1n) is 7.48. The van der Waals surface area contributed by atoms with Crippen molar-refractivity contribution in [2.45, 2.75) is 31.1 Å². The van der Waals surface area contributed by atoms with E-state index in [1.54, 1.807) is 0 Å². The van der Waals surface area contributed by atoms with Crippen molar-refractivity contribution in [1.82, 2.24) is 4.90 Å². The maximum absolute atomic E-state index is 12.6. The smallest absolute Gasteiger partial charge is 0.317 e. The minimum Gasteiger partial charge on any atom is -0.452 e. The van der Waals surface area contributed by atoms with Gasteiger partial charge in [0.25, 0.3) is 0 Å². The van der Waals surface area contributed by atoms with Crippen LogP contribution in [0.2, 0.25) is 0 Å². The molecule has 0 heterocycles. The summed E-state index contributed by atoms with van der Waals surface area (Å²) in [7, 11) is 3.92. The van der Waals surface area contributed by atoms with E-state index in [-0.39, 0.29) is 12.6 Å². The van der Waals surface area contributed by atoms with Crippen LogP contribution in [-0.4, -0.2) is 38.1 Å². The van der Waals surface area contributed by atoms with Crippen molar-refractivity contribution < 1.29 is 9.53 Å². The number of rotatable bonds is 4. The van der Waals surface area contributed by atoms with Crippen molar-refractivity contribution in [1.29, 1.82) is 0 Å². The Hall–Kier alpha value is -1.79. The van der Waals surface area contributed by atoms with E-state index < -0.39 is 5.41 Å². The first kappa shape index (κ1) is 15.6. The average Bonchev–Trinajstić information content (AvgIpc) is 2.98. The molecule has 3 nitrogen and oxygen atoms in total. The van der Waals surface area contributed by atoms with Crippen LogP contribution in [0.15, 0.2) is 30.3 Å². The van der Waals surface area contributed by atoms with Gasteiger partial charge >= 0.3 is 5.97 Å². The number of ether oxygens (including phenoxy) is 1. The zero-order valence-electron chi connectivity index (χ0n) is 12.9. The monoisotopic (exact) mass is 285 g/mol. The van der Waals surface area contributed by atoms with Gasteiger partial charge in [-0.2, -0.15) is 0 Å². The van der Waals surface area contributed by atoms with Crippen LogP contribution in [0.1, 0.15) is 31.2 Å². The van der Waals surface area contributed by atoms with Crippen molar-refractivity contribution >= 4 is 5.97 Å². The standard InChI is InChI=1S/C18H23NO2/c1-19(2)14-8-9-15-21-17(20)18(12-6-7-13-18)16-10-4-3-5-11-16/h3-5,10-11H,6-7,12-15H2,1-2H3. The Morgan fingerprint density at radius 3 is 2.48 bits per heavy atom. The van der Waals surface area contributed by atoms with Gasteiger partial charge in [-0.3, -0.25) is 9.69 Å². The number of carbonyl (C=O) groups is 1. The van der Waals surface area contributed by atoms with Crippen LogP contribution < -0.4 is 0 Å². The molecule has 1 aromatic carbocycles. The van der Waals surface area contributed by atoms with Gasteiger partial charge in [0.2, 0.25) is 0 Å². The van der Waals surface area contributed by atoms with Crippen LogP contribution in [0.5, 0.6) is 0 Å². The summed E-state index contributed by atoms with van der Waals surface area (Å²) in [6, 6.07) is 10.0. The predicted octanol–water partition coefficient (Wildman–Crippen LogP) is 2.61. The summed E-state index contributed by atoms with van der Waals surface area (Å²) in [5, 5.41) is 0. The Bertz CT molecular complexity index is 519. The number of nitrogens with zero attached hydrogens (tertiary/aromatic N) is 1. The summed E-state index contributed by atoms with van der Waals surface area (Å²) in [5.41, 5.74) is 0.624. The lowest BCUT2D eigenvalue weighted by molar-refractivity contribution is -0.149. The Kier molecular flexibility index (Phi) is 5.41. The fourth-order valence-corrected chi connectivity index (χ4v) is 2.85. The lowest BCUT2D eigenvalue weighted by atomic mass is 9.79. The van der Waals surface area contributed by atoms with E-state index in [1.807, 2.05) is 49.3 Å². The second-order valence-electron chi connectivity index (χ2n) is 5.82. The van der Waals surface area contributed by atoms with Gasteiger partial charge in [-0.15, -0.1) is 0 Å². The quantitative estimate of drug-likeness (QED) is 0.629. The summed E-state index contributed by atoms with van der Waals surface area (Å²) in [5.74, 6) is 5.77. The summed E-state index contributed by atoms with van der Waals surface area (Å²) in [6.07, 6.45) is 3.91. The first-order valence-corrected chi connectivity index (χ1v) is 7.48. The molecule has 0 aliphatic heterocycles. The maximum Gasteiger partial charge on any atom is 0.317 e. The lowest BCUT2D eigenvalue weighted by Gasteiger charge is -2.26. The fraction of sp³-hybridized carbons (Fsp3) is 0.500. The highest BCUT2D eigenvalue weighted by Crippen LogP contribution is 2.42. The summed E-state index contributed by atoms with van der Waals surface area (Å²) < 4.78 is 5.43. The number of hydrogen-bond acceptors (Lipinski definition) is 3. The molecule has 2 rings (SSSR count). The zero-order valence-corrected chi connectivity index (χ0v) is 12.9. The van der Waals surface area contributed by atoms with Crippen LogP contribution in [0, 0.1) is 11.8 Å². The van der Waals surface area contributed by atoms with E-state index in [0.29, 0.717) is 6.54 Å². The topological polar surface area (TPSA) is 29.5 Å². The third-order valence-electron chi connectivity index (χ3n) is 3.97. The van der Waals surface area contributed by atoms with Crippen LogP contribution in [-0.2, 0) is 14.9 Å². The molecule has 1 aromatic rings. The summed E-state index contributed by atoms with van der Waals surface area (Å²) in [4.78, 5) is 14.5. The van der Waals surface area contributed by atoms with Crippen molar-refractivity contribution in [3.05, 3.63) is 35.9 Å². The molecular weight excluding hydrogens is 262 g/mol. The van der Waals surface area contributed by atoms with Gasteiger partial charge in [0.1, 0.15) is 0 Å². The molecular formula is C18H23NO2. The fourth-order valence-electron chi connectivity index (χ4n) is 2.85. The summed E-state index contributed by atoms with van der Waals surface area (Å²) in [6.45, 7) is 0.864. The first-order chi connectivity index (χ1) is 10.1. The van der Waals surface area contributed by atoms with E-state index >= 15 is 0 Å². The number of hydrogen-bond donors (Lipinski definition) is 0. The highest BCUT2D eigenvalue weighted by Gasteiger charge is 2.43. The Morgan fingerprint density at radius 1 is 1.19 bits per heavy atom. The minimum absolute atomic E-state index is 0.120. The third-order valence-corrected chi connectivity index (χ3v) is 3.97. The molecule has 1 aliphatic rings. The average molecular weight is 285 g/mol. The molecule has 0 unspecified atom stereocenters. The molecule has 1 saturated carbocycles. The molecule has 112 valence electrons. The van der Waals surface area contributed by atoms with Crippen LogP contribution in [0.3, 0.4) is 0 Å². The maximum atomic E-state index is 12.6. The largest absolute Gasteiger partial charge is 0.452 e. The second kappa shape index (κ2) is 7.28. The van der Waals surface area contributed by atoms with E-state index in [0.717, 1.165) is 31.2 Å². The second-order valence-corrected chi connectivity index (χ2v) is 5.82. The molecule has 0 bridgehead atoms. The van der Waals surface area contributed by atoms with E-state index in [9.17, 15) is 4.79 Å². The Balaban J connectivity index is 2.02. The Labute approximate surface area is 127 Å². The number of carbonyl (C=O) groups excluding carboxylic acids is 1. The van der Waals surface area contributed by atoms with Crippen molar-refractivity contribution in [3.63, 3.8) is 0 Å². The SMILES string of the molecule is CN(C)CC#CCOC(=O)C1(c2ccccc2)CCCC1. The van der Waals surface area contributed by atoms with Crippen molar-refractivity contribution in [2.24, 2.45) is 0 Å². The van der Waals surface area contributed by atoms with Crippen LogP contribution in [0.25, 0.3) is 0 Å². The van der Waals surface area contributed by atoms with Crippen molar-refractivity contribution in [2.75, 3.05) is 27.2 Å². The van der Waals surface area contributed by atoms with Crippen LogP contribution in [0.4, 0.5) is 0 Å². The molecule has 21 heavy (non-hydrogen) atoms. The number of benzene rings is 1. The van der Waals surface area contributed by atoms with Gasteiger partial charge in [0, 0.05) is 0 Å². The third kappa shape index (κ3) is 3.86. The Morgan fingerprint density at radius 2 is 1.86 bits per heavy atom. The highest BCUT2D eigenvalue weighted by atomic mass is 16.5. The van der Waals surface area contributed by atoms with E-state index in [4.69, 9.17) is 4.74 Å². The minimum atomic E-state index is -0.454. The van der Waals surface area contributed by atoms with E-state index in [2.05, 4.69) is 11.8 Å². The molecule has 0 radical (unpaired) electrons. The highest BCUT2D eigenvalue weighted by molar-refractivity contribution is 5.83. The molecule has 3 heteroatoms. The zero-order chi connectivity index (χ0) is 15.1. The predicted molar refractivity (Wildman–Crippen MR) is 83.9 cm³/mol. The summed E-state index contributed by atoms with van der Waals surface area (Å²) >= 11 is 0. The van der Waals surface area contributed by atoms with Crippen LogP contribution >= 0.6 is 0 Å². The molecule has 0 N–H and O–H groups in total. The number of esters is 1. The van der Waals surface area contributed by atoms with Gasteiger partial charge in [0.05, 0.1) is 12.0 Å². The molecule has 0 saturated heterocycles. The van der Waals surface area contributed by atoms with Gasteiger partial charge in [-0.25, -0.2) is 0 Å². The van der Waals surface area contributed by atoms with Gasteiger partial charge in [0.15, 0.2) is 6.61 Å².